The first-order valence-electron chi connectivity index (χ1n) is 6.32. The molecule has 0 fully saturated rings. The van der Waals surface area contributed by atoms with E-state index in [1.54, 1.807) is 0 Å². The fourth-order valence-corrected chi connectivity index (χ4v) is 2.61. The zero-order chi connectivity index (χ0) is 13.9. The van der Waals surface area contributed by atoms with Crippen LogP contribution in [0.2, 0.25) is 0 Å². The van der Waals surface area contributed by atoms with Crippen LogP contribution in [0.3, 0.4) is 0 Å². The van der Waals surface area contributed by atoms with E-state index in [1.165, 1.54) is 6.21 Å². The molecule has 3 aromatic rings. The van der Waals surface area contributed by atoms with E-state index in [9.17, 15) is 0 Å². The molecule has 3 heteroatoms. The first-order chi connectivity index (χ1) is 9.76. The molecule has 0 atom stereocenters. The van der Waals surface area contributed by atoms with Crippen LogP contribution in [0.5, 0.6) is 0 Å². The Balaban J connectivity index is 2.07. The third kappa shape index (κ3) is 2.58. The summed E-state index contributed by atoms with van der Waals surface area (Å²) in [6.07, 6.45) is 1.38. The summed E-state index contributed by atoms with van der Waals surface area (Å²) in [4.78, 5) is 0. The second kappa shape index (κ2) is 5.47. The molecule has 0 aliphatic rings. The van der Waals surface area contributed by atoms with Crippen molar-refractivity contribution in [3.63, 3.8) is 0 Å². The molecular weight excluding hydrogens is 312 g/mol. The van der Waals surface area contributed by atoms with Crippen molar-refractivity contribution in [3.8, 4) is 0 Å². The maximum atomic E-state index is 7.59. The lowest BCUT2D eigenvalue weighted by atomic mass is 10.1. The summed E-state index contributed by atoms with van der Waals surface area (Å²) in [5.41, 5.74) is 2.82. The van der Waals surface area contributed by atoms with Crippen LogP contribution in [0, 0.1) is 5.41 Å². The molecular formula is C17H13BrN2. The molecule has 3 rings (SSSR count). The van der Waals surface area contributed by atoms with Gasteiger partial charge in [0.15, 0.2) is 0 Å². The molecule has 2 N–H and O–H groups in total. The summed E-state index contributed by atoms with van der Waals surface area (Å²) in [5, 5.41) is 13.3. The predicted molar refractivity (Wildman–Crippen MR) is 89.3 cm³/mol. The van der Waals surface area contributed by atoms with Crippen molar-refractivity contribution >= 4 is 44.3 Å². The summed E-state index contributed by atoms with van der Waals surface area (Å²) < 4.78 is 1.03. The highest BCUT2D eigenvalue weighted by atomic mass is 79.9. The molecule has 0 heterocycles. The van der Waals surface area contributed by atoms with Gasteiger partial charge in [-0.3, -0.25) is 0 Å². The third-order valence-corrected chi connectivity index (χ3v) is 3.67. The average Bonchev–Trinajstić information content (AvgIpc) is 2.46. The van der Waals surface area contributed by atoms with Gasteiger partial charge in [-0.1, -0.05) is 46.3 Å². The first kappa shape index (κ1) is 12.9. The number of benzene rings is 3. The second-order valence-electron chi connectivity index (χ2n) is 4.57. The zero-order valence-electron chi connectivity index (χ0n) is 10.7. The van der Waals surface area contributed by atoms with E-state index in [0.29, 0.717) is 0 Å². The maximum Gasteiger partial charge on any atom is 0.0479 e. The molecule has 0 unspecified atom stereocenters. The van der Waals surface area contributed by atoms with Gasteiger partial charge in [-0.05, 0) is 41.1 Å². The van der Waals surface area contributed by atoms with Crippen LogP contribution < -0.4 is 5.32 Å². The minimum atomic E-state index is 0.878. The normalized spacial score (nSPS) is 10.4. The summed E-state index contributed by atoms with van der Waals surface area (Å²) >= 11 is 3.47. The van der Waals surface area contributed by atoms with Crippen LogP contribution in [-0.2, 0) is 0 Å². The van der Waals surface area contributed by atoms with E-state index in [1.807, 2.05) is 42.5 Å². The molecule has 0 aromatic heterocycles. The Kier molecular flexibility index (Phi) is 3.52. The minimum absolute atomic E-state index is 0.878. The average molecular weight is 325 g/mol. The van der Waals surface area contributed by atoms with Crippen LogP contribution in [0.4, 0.5) is 11.4 Å². The summed E-state index contributed by atoms with van der Waals surface area (Å²) in [5.74, 6) is 0. The number of hydrogen-bond acceptors (Lipinski definition) is 2. The van der Waals surface area contributed by atoms with Crippen molar-refractivity contribution in [1.82, 2.24) is 0 Å². The number of anilines is 2. The standard InChI is InChI=1S/C17H13BrN2/c18-15-6-3-7-16(10-15)20-17-9-13-5-2-1-4-12(13)8-14(17)11-19/h1-11,19-20H. The third-order valence-electron chi connectivity index (χ3n) is 3.18. The number of nitrogens with one attached hydrogen (secondary N) is 2. The van der Waals surface area contributed by atoms with Gasteiger partial charge in [0.25, 0.3) is 0 Å². The molecule has 2 nitrogen and oxygen atoms in total. The number of fused-ring (bicyclic) bond motifs is 1. The van der Waals surface area contributed by atoms with Gasteiger partial charge in [0.2, 0.25) is 0 Å². The number of rotatable bonds is 3. The fourth-order valence-electron chi connectivity index (χ4n) is 2.21. The smallest absolute Gasteiger partial charge is 0.0479 e. The number of hydrogen-bond donors (Lipinski definition) is 2. The van der Waals surface area contributed by atoms with Gasteiger partial charge in [-0.15, -0.1) is 0 Å². The van der Waals surface area contributed by atoms with E-state index in [2.05, 4.69) is 39.4 Å². The Bertz CT molecular complexity index is 781. The molecule has 0 aliphatic heterocycles. The molecule has 0 radical (unpaired) electrons. The highest BCUT2D eigenvalue weighted by Crippen LogP contribution is 2.27. The topological polar surface area (TPSA) is 35.9 Å². The molecule has 0 saturated carbocycles. The molecule has 0 spiro atoms. The Morgan fingerprint density at radius 2 is 1.65 bits per heavy atom. The van der Waals surface area contributed by atoms with Gasteiger partial charge in [0, 0.05) is 27.6 Å². The Hall–Kier alpha value is -2.13. The summed E-state index contributed by atoms with van der Waals surface area (Å²) in [6.45, 7) is 0. The van der Waals surface area contributed by atoms with Crippen LogP contribution in [0.15, 0.2) is 65.1 Å². The van der Waals surface area contributed by atoms with Crippen molar-refractivity contribution in [3.05, 3.63) is 70.7 Å². The monoisotopic (exact) mass is 324 g/mol. The zero-order valence-corrected chi connectivity index (χ0v) is 12.3. The van der Waals surface area contributed by atoms with Crippen molar-refractivity contribution in [2.45, 2.75) is 0 Å². The predicted octanol–water partition coefficient (Wildman–Crippen LogP) is 5.34. The van der Waals surface area contributed by atoms with E-state index < -0.39 is 0 Å². The van der Waals surface area contributed by atoms with Crippen molar-refractivity contribution in [1.29, 1.82) is 5.41 Å². The molecule has 0 saturated heterocycles. The van der Waals surface area contributed by atoms with E-state index in [0.717, 1.165) is 32.2 Å². The van der Waals surface area contributed by atoms with Crippen LogP contribution in [0.1, 0.15) is 5.56 Å². The maximum absolute atomic E-state index is 7.59. The molecule has 0 aliphatic carbocycles. The van der Waals surface area contributed by atoms with Gasteiger partial charge in [0.1, 0.15) is 0 Å². The van der Waals surface area contributed by atoms with E-state index in [4.69, 9.17) is 5.41 Å². The SMILES string of the molecule is N=Cc1cc2ccccc2cc1Nc1cccc(Br)c1. The largest absolute Gasteiger partial charge is 0.355 e. The molecule has 20 heavy (non-hydrogen) atoms. The van der Waals surface area contributed by atoms with Crippen molar-refractivity contribution in [2.24, 2.45) is 0 Å². The molecule has 98 valence electrons. The Morgan fingerprint density at radius 3 is 2.35 bits per heavy atom. The molecule has 0 bridgehead atoms. The molecule has 3 aromatic carbocycles. The fraction of sp³-hybridized carbons (Fsp3) is 0. The molecule has 0 amide bonds. The van der Waals surface area contributed by atoms with Crippen LogP contribution in [0.25, 0.3) is 10.8 Å². The Morgan fingerprint density at radius 1 is 0.900 bits per heavy atom. The van der Waals surface area contributed by atoms with Crippen molar-refractivity contribution < 1.29 is 0 Å². The summed E-state index contributed by atoms with van der Waals surface area (Å²) in [7, 11) is 0. The highest BCUT2D eigenvalue weighted by Gasteiger charge is 2.04. The van der Waals surface area contributed by atoms with Gasteiger partial charge >= 0.3 is 0 Å². The van der Waals surface area contributed by atoms with Gasteiger partial charge in [-0.25, -0.2) is 0 Å². The quantitative estimate of drug-likeness (QED) is 0.626. The lowest BCUT2D eigenvalue weighted by Crippen LogP contribution is -1.95. The first-order valence-corrected chi connectivity index (χ1v) is 7.11. The van der Waals surface area contributed by atoms with E-state index in [-0.39, 0.29) is 0 Å². The van der Waals surface area contributed by atoms with Crippen molar-refractivity contribution in [2.75, 3.05) is 5.32 Å². The Labute approximate surface area is 126 Å². The van der Waals surface area contributed by atoms with E-state index >= 15 is 0 Å². The lowest BCUT2D eigenvalue weighted by Gasteiger charge is -2.11. The van der Waals surface area contributed by atoms with Gasteiger partial charge < -0.3 is 10.7 Å². The van der Waals surface area contributed by atoms with Gasteiger partial charge in [0.05, 0.1) is 0 Å². The second-order valence-corrected chi connectivity index (χ2v) is 5.48. The van der Waals surface area contributed by atoms with Gasteiger partial charge in [-0.2, -0.15) is 0 Å². The summed E-state index contributed by atoms with van der Waals surface area (Å²) in [6, 6.07) is 20.3. The number of halogens is 1. The lowest BCUT2D eigenvalue weighted by molar-refractivity contribution is 1.51. The highest BCUT2D eigenvalue weighted by molar-refractivity contribution is 9.10. The minimum Gasteiger partial charge on any atom is -0.355 e. The van der Waals surface area contributed by atoms with Crippen LogP contribution in [-0.4, -0.2) is 6.21 Å². The van der Waals surface area contributed by atoms with Crippen LogP contribution >= 0.6 is 15.9 Å².